The maximum Gasteiger partial charge on any atom is 0.491 e. The highest BCUT2D eigenvalue weighted by Gasteiger charge is 2.47. The molecule has 0 saturated carbocycles. The summed E-state index contributed by atoms with van der Waals surface area (Å²) in [7, 11) is -4.03. The number of alkyl halides is 3. The molecule has 0 radical (unpaired) electrons. The standard InChI is InChI=1S/C10H10F3N3O2S/c1-2-14-9-15-19(17,18)8-6-4-3-5-7(8)16(9)10(11,12)13/h3-6H,2H2,1H3,(H,14,15). The van der Waals surface area contributed by atoms with E-state index in [1.165, 1.54) is 19.1 Å². The number of halogens is 3. The fraction of sp³-hybridized carbons (Fsp3) is 0.300. The smallest absolute Gasteiger partial charge is 0.252 e. The van der Waals surface area contributed by atoms with E-state index in [-0.39, 0.29) is 11.4 Å². The molecule has 1 aromatic rings. The minimum atomic E-state index is -4.77. The second-order valence-corrected chi connectivity index (χ2v) is 5.33. The predicted molar refractivity (Wildman–Crippen MR) is 63.3 cm³/mol. The van der Waals surface area contributed by atoms with Gasteiger partial charge in [-0.15, -0.1) is 13.2 Å². The van der Waals surface area contributed by atoms with Crippen LogP contribution in [0.2, 0.25) is 0 Å². The number of rotatable bonds is 1. The topological polar surface area (TPSA) is 61.8 Å². The maximum atomic E-state index is 13.1. The van der Waals surface area contributed by atoms with Crippen LogP contribution in [0.3, 0.4) is 0 Å². The quantitative estimate of drug-likeness (QED) is 0.801. The molecule has 0 fully saturated rings. The number of anilines is 1. The Morgan fingerprint density at radius 1 is 1.32 bits per heavy atom. The second-order valence-electron chi connectivity index (χ2n) is 3.67. The van der Waals surface area contributed by atoms with Crippen LogP contribution in [0.5, 0.6) is 0 Å². The molecule has 0 aromatic heterocycles. The summed E-state index contributed by atoms with van der Waals surface area (Å²) in [6.45, 7) is 1.53. The van der Waals surface area contributed by atoms with Crippen LogP contribution in [0.15, 0.2) is 34.2 Å². The van der Waals surface area contributed by atoms with Crippen molar-refractivity contribution in [1.82, 2.24) is 4.72 Å². The van der Waals surface area contributed by atoms with Crippen LogP contribution in [0.4, 0.5) is 18.9 Å². The molecule has 2 rings (SSSR count). The molecule has 1 N–H and O–H groups in total. The number of para-hydroxylation sites is 1. The average Bonchev–Trinajstić information content (AvgIpc) is 2.27. The summed E-state index contributed by atoms with van der Waals surface area (Å²) in [5, 5.41) is 0. The van der Waals surface area contributed by atoms with Crippen molar-refractivity contribution in [2.24, 2.45) is 4.99 Å². The lowest BCUT2D eigenvalue weighted by Gasteiger charge is -2.33. The summed E-state index contributed by atoms with van der Waals surface area (Å²) in [4.78, 5) is 3.05. The maximum absolute atomic E-state index is 13.1. The van der Waals surface area contributed by atoms with Gasteiger partial charge in [-0.2, -0.15) is 0 Å². The summed E-state index contributed by atoms with van der Waals surface area (Å²) in [5.41, 5.74) is -0.457. The molecule has 104 valence electrons. The molecule has 0 unspecified atom stereocenters. The molecule has 0 atom stereocenters. The fourth-order valence-electron chi connectivity index (χ4n) is 1.71. The van der Waals surface area contributed by atoms with Crippen molar-refractivity contribution in [3.8, 4) is 0 Å². The molecular formula is C10H10F3N3O2S. The highest BCUT2D eigenvalue weighted by atomic mass is 32.2. The van der Waals surface area contributed by atoms with Gasteiger partial charge >= 0.3 is 6.30 Å². The van der Waals surface area contributed by atoms with Gasteiger partial charge in [0.1, 0.15) is 4.90 Å². The van der Waals surface area contributed by atoms with Crippen LogP contribution in [-0.4, -0.2) is 27.2 Å². The third-order valence-corrected chi connectivity index (χ3v) is 3.77. The first kappa shape index (κ1) is 13.7. The molecular weight excluding hydrogens is 283 g/mol. The van der Waals surface area contributed by atoms with Crippen LogP contribution in [0.25, 0.3) is 0 Å². The van der Waals surface area contributed by atoms with Crippen LogP contribution in [0.1, 0.15) is 6.92 Å². The van der Waals surface area contributed by atoms with Crippen molar-refractivity contribution < 1.29 is 21.6 Å². The van der Waals surface area contributed by atoms with Gasteiger partial charge in [0.2, 0.25) is 5.96 Å². The highest BCUT2D eigenvalue weighted by molar-refractivity contribution is 7.90. The number of fused-ring (bicyclic) bond motifs is 1. The van der Waals surface area contributed by atoms with E-state index in [2.05, 4.69) is 4.99 Å². The number of nitrogens with one attached hydrogen (secondary N) is 1. The lowest BCUT2D eigenvalue weighted by molar-refractivity contribution is -0.119. The fourth-order valence-corrected chi connectivity index (χ4v) is 2.91. The Balaban J connectivity index is 2.72. The second kappa shape index (κ2) is 4.41. The molecule has 1 aliphatic heterocycles. The van der Waals surface area contributed by atoms with Gasteiger partial charge < -0.3 is 0 Å². The van der Waals surface area contributed by atoms with E-state index in [1.54, 1.807) is 0 Å². The normalized spacial score (nSPS) is 20.0. The molecule has 9 heteroatoms. The van der Waals surface area contributed by atoms with E-state index >= 15 is 0 Å². The number of hydrogen-bond acceptors (Lipinski definition) is 3. The summed E-state index contributed by atoms with van der Waals surface area (Å²) >= 11 is 0. The molecule has 1 aliphatic rings. The zero-order valence-electron chi connectivity index (χ0n) is 9.77. The molecule has 0 saturated heterocycles. The van der Waals surface area contributed by atoms with Gasteiger partial charge in [0, 0.05) is 6.54 Å². The predicted octanol–water partition coefficient (Wildman–Crippen LogP) is 1.68. The van der Waals surface area contributed by atoms with Crippen LogP contribution in [-0.2, 0) is 10.0 Å². The molecule has 1 aromatic carbocycles. The van der Waals surface area contributed by atoms with Gasteiger partial charge in [-0.25, -0.2) is 18.0 Å². The first-order chi connectivity index (χ1) is 8.77. The van der Waals surface area contributed by atoms with Crippen molar-refractivity contribution in [2.45, 2.75) is 18.1 Å². The molecule has 5 nitrogen and oxygen atoms in total. The zero-order valence-corrected chi connectivity index (χ0v) is 10.6. The lowest BCUT2D eigenvalue weighted by Crippen LogP contribution is -2.55. The van der Waals surface area contributed by atoms with Gasteiger partial charge in [-0.1, -0.05) is 12.1 Å². The largest absolute Gasteiger partial charge is 0.491 e. The summed E-state index contributed by atoms with van der Waals surface area (Å²) < 4.78 is 64.7. The number of sulfonamides is 1. The molecule has 0 bridgehead atoms. The Labute approximate surface area is 107 Å². The van der Waals surface area contributed by atoms with Crippen LogP contribution < -0.4 is 9.62 Å². The van der Waals surface area contributed by atoms with Crippen molar-refractivity contribution >= 4 is 21.7 Å². The van der Waals surface area contributed by atoms with Gasteiger partial charge in [0.15, 0.2) is 0 Å². The Hall–Kier alpha value is -1.77. The number of nitrogens with zero attached hydrogens (tertiary/aromatic N) is 2. The Kier molecular flexibility index (Phi) is 3.17. The average molecular weight is 293 g/mol. The van der Waals surface area contributed by atoms with Crippen molar-refractivity contribution in [2.75, 3.05) is 11.4 Å². The highest BCUT2D eigenvalue weighted by Crippen LogP contribution is 2.36. The van der Waals surface area contributed by atoms with Crippen LogP contribution in [0, 0.1) is 0 Å². The van der Waals surface area contributed by atoms with Crippen molar-refractivity contribution in [3.05, 3.63) is 24.3 Å². The summed E-state index contributed by atoms with van der Waals surface area (Å²) in [6, 6.07) is 4.89. The third kappa shape index (κ3) is 2.37. The van der Waals surface area contributed by atoms with Gasteiger partial charge in [0.25, 0.3) is 10.0 Å². The lowest BCUT2D eigenvalue weighted by atomic mass is 10.3. The van der Waals surface area contributed by atoms with Gasteiger partial charge in [-0.05, 0) is 19.1 Å². The molecule has 0 aliphatic carbocycles. The van der Waals surface area contributed by atoms with Gasteiger partial charge in [0.05, 0.1) is 5.69 Å². The minimum Gasteiger partial charge on any atom is -0.252 e. The monoisotopic (exact) mass is 293 g/mol. The summed E-state index contributed by atoms with van der Waals surface area (Å²) in [5.74, 6) is -0.742. The molecule has 19 heavy (non-hydrogen) atoms. The SMILES string of the molecule is CCN=C1NS(=O)(=O)c2ccccc2N1C(F)(F)F. The Morgan fingerprint density at radius 2 is 1.95 bits per heavy atom. The van der Waals surface area contributed by atoms with E-state index in [0.717, 1.165) is 12.1 Å². The number of aliphatic imine (C=N–C) groups is 1. The first-order valence-electron chi connectivity index (χ1n) is 5.30. The minimum absolute atomic E-state index is 0.0204. The number of benzene rings is 1. The van der Waals surface area contributed by atoms with E-state index in [9.17, 15) is 21.6 Å². The van der Waals surface area contributed by atoms with E-state index in [1.807, 2.05) is 4.72 Å². The van der Waals surface area contributed by atoms with E-state index in [0.29, 0.717) is 0 Å². The molecule has 1 heterocycles. The first-order valence-corrected chi connectivity index (χ1v) is 6.79. The van der Waals surface area contributed by atoms with Crippen molar-refractivity contribution in [1.29, 1.82) is 0 Å². The van der Waals surface area contributed by atoms with Crippen LogP contribution >= 0.6 is 0 Å². The Morgan fingerprint density at radius 3 is 2.53 bits per heavy atom. The Bertz CT molecular complexity index is 625. The number of hydrogen-bond donors (Lipinski definition) is 1. The van der Waals surface area contributed by atoms with E-state index in [4.69, 9.17) is 0 Å². The summed E-state index contributed by atoms with van der Waals surface area (Å²) in [6.07, 6.45) is -4.77. The number of guanidine groups is 1. The molecule has 0 spiro atoms. The van der Waals surface area contributed by atoms with E-state index < -0.39 is 32.9 Å². The van der Waals surface area contributed by atoms with Crippen molar-refractivity contribution in [3.63, 3.8) is 0 Å². The zero-order chi connectivity index (χ0) is 14.3. The molecule has 0 amide bonds. The third-order valence-electron chi connectivity index (χ3n) is 2.39. The van der Waals surface area contributed by atoms with Gasteiger partial charge in [-0.3, -0.25) is 4.99 Å².